The summed E-state index contributed by atoms with van der Waals surface area (Å²) < 4.78 is 0. The van der Waals surface area contributed by atoms with E-state index < -0.39 is 0 Å². The maximum absolute atomic E-state index is 8.26. The Balaban J connectivity index is 2.85. The van der Waals surface area contributed by atoms with Gasteiger partial charge in [-0.15, -0.1) is 0 Å². The van der Waals surface area contributed by atoms with Crippen LogP contribution in [0.3, 0.4) is 0 Å². The van der Waals surface area contributed by atoms with Crippen LogP contribution in [0.1, 0.15) is 0 Å². The molecule has 13 heavy (non-hydrogen) atoms. The fourth-order valence-electron chi connectivity index (χ4n) is 1.12. The number of aromatic nitrogens is 2. The van der Waals surface area contributed by atoms with E-state index in [0.29, 0.717) is 16.4 Å². The van der Waals surface area contributed by atoms with Crippen LogP contribution in [0, 0.1) is 0 Å². The van der Waals surface area contributed by atoms with E-state index in [0.717, 1.165) is 5.39 Å². The van der Waals surface area contributed by atoms with E-state index in [1.165, 1.54) is 6.20 Å². The summed E-state index contributed by atoms with van der Waals surface area (Å²) in [5, 5.41) is 4.77. The molecule has 2 heterocycles. The highest BCUT2D eigenvalue weighted by Crippen LogP contribution is 2.27. The van der Waals surface area contributed by atoms with Crippen LogP contribution in [-0.4, -0.2) is 9.97 Å². The van der Waals surface area contributed by atoms with Gasteiger partial charge in [0.15, 0.2) is 5.82 Å². The Labute approximate surface area is 78.0 Å². The number of H-pyrrole nitrogens is 1. The number of pyridine rings is 1. The van der Waals surface area contributed by atoms with Gasteiger partial charge in [0.05, 0.1) is 10.5 Å². The summed E-state index contributed by atoms with van der Waals surface area (Å²) in [6.45, 7) is 0. The molecule has 64 valence electrons. The summed E-state index contributed by atoms with van der Waals surface area (Å²) >= 11 is 5.85. The minimum absolute atomic E-state index is 0.312. The van der Waals surface area contributed by atoms with Crippen LogP contribution in [0.25, 0.3) is 21.3 Å². The fraction of sp³-hybridized carbons (Fsp3) is 0. The second-order valence-electron chi connectivity index (χ2n) is 2.39. The van der Waals surface area contributed by atoms with Crippen LogP contribution in [0.5, 0.6) is 0 Å². The number of fused-ring (bicyclic) bond motifs is 1. The molecule has 0 atom stereocenters. The molecule has 0 fully saturated rings. The molecule has 5 nitrogen and oxygen atoms in total. The van der Waals surface area contributed by atoms with Gasteiger partial charge in [-0.3, -0.25) is 4.98 Å². The van der Waals surface area contributed by atoms with Crippen molar-refractivity contribution in [1.29, 1.82) is 0 Å². The largest absolute Gasteiger partial charge is 0.359 e. The smallest absolute Gasteiger partial charge is 0.150 e. The maximum atomic E-state index is 8.26. The van der Waals surface area contributed by atoms with Gasteiger partial charge in [-0.1, -0.05) is 11.6 Å². The third-order valence-corrected chi connectivity index (χ3v) is 1.97. The predicted octanol–water partition coefficient (Wildman–Crippen LogP) is 3.16. The molecule has 0 saturated heterocycles. The van der Waals surface area contributed by atoms with Crippen molar-refractivity contribution in [3.63, 3.8) is 0 Å². The number of azide groups is 1. The van der Waals surface area contributed by atoms with Crippen molar-refractivity contribution in [2.45, 2.75) is 0 Å². The third kappa shape index (κ3) is 1.20. The first kappa shape index (κ1) is 7.91. The van der Waals surface area contributed by atoms with Crippen LogP contribution in [0.4, 0.5) is 5.82 Å². The molecule has 1 N–H and O–H groups in total. The Bertz CT molecular complexity index is 497. The first-order valence-electron chi connectivity index (χ1n) is 3.49. The van der Waals surface area contributed by atoms with Crippen molar-refractivity contribution in [3.8, 4) is 0 Å². The Morgan fingerprint density at radius 3 is 3.23 bits per heavy atom. The van der Waals surface area contributed by atoms with Crippen molar-refractivity contribution < 1.29 is 0 Å². The van der Waals surface area contributed by atoms with E-state index in [1.54, 1.807) is 12.3 Å². The van der Waals surface area contributed by atoms with Gasteiger partial charge in [-0.2, -0.15) is 0 Å². The number of rotatable bonds is 1. The highest BCUT2D eigenvalue weighted by Gasteiger charge is 2.04. The zero-order valence-electron chi connectivity index (χ0n) is 6.40. The summed E-state index contributed by atoms with van der Waals surface area (Å²) in [6, 6.07) is 1.80. The first-order valence-corrected chi connectivity index (χ1v) is 3.87. The molecule has 0 aromatic carbocycles. The number of hydrogen-bond acceptors (Lipinski definition) is 2. The molecule has 2 aromatic heterocycles. The first-order chi connectivity index (χ1) is 6.33. The molecule has 2 aromatic rings. The minimum Gasteiger partial charge on any atom is -0.359 e. The third-order valence-electron chi connectivity index (χ3n) is 1.67. The zero-order valence-corrected chi connectivity index (χ0v) is 7.15. The van der Waals surface area contributed by atoms with Crippen LogP contribution >= 0.6 is 11.6 Å². The Morgan fingerprint density at radius 1 is 1.62 bits per heavy atom. The summed E-state index contributed by atoms with van der Waals surface area (Å²) in [4.78, 5) is 9.45. The highest BCUT2D eigenvalue weighted by atomic mass is 35.5. The zero-order chi connectivity index (χ0) is 9.26. The second kappa shape index (κ2) is 2.97. The lowest BCUT2D eigenvalue weighted by atomic mass is 10.3. The van der Waals surface area contributed by atoms with E-state index in [2.05, 4.69) is 20.0 Å². The van der Waals surface area contributed by atoms with Crippen LogP contribution < -0.4 is 0 Å². The lowest BCUT2D eigenvalue weighted by Gasteiger charge is -1.95. The average Bonchev–Trinajstić information content (AvgIpc) is 2.59. The van der Waals surface area contributed by atoms with Gasteiger partial charge in [0, 0.05) is 22.7 Å². The number of hydrogen-bond donors (Lipinski definition) is 1. The van der Waals surface area contributed by atoms with Gasteiger partial charge in [-0.05, 0) is 16.7 Å². The summed E-state index contributed by atoms with van der Waals surface area (Å²) in [5.41, 5.74) is 8.92. The molecular formula is C7H4ClN5. The lowest BCUT2D eigenvalue weighted by Crippen LogP contribution is -1.76. The van der Waals surface area contributed by atoms with E-state index in [9.17, 15) is 0 Å². The minimum atomic E-state index is 0.312. The molecule has 0 spiro atoms. The Morgan fingerprint density at radius 2 is 2.46 bits per heavy atom. The predicted molar refractivity (Wildman–Crippen MR) is 49.9 cm³/mol. The standard InChI is InChI=1S/C7H4ClN5/c8-5-3-11-7(12-13-9)6-4(5)1-2-10-6/h1-3,10H. The monoisotopic (exact) mass is 193 g/mol. The molecule has 0 aliphatic rings. The maximum Gasteiger partial charge on any atom is 0.150 e. The molecule has 0 aliphatic carbocycles. The number of nitrogens with one attached hydrogen (secondary N) is 1. The van der Waals surface area contributed by atoms with E-state index >= 15 is 0 Å². The second-order valence-corrected chi connectivity index (χ2v) is 2.79. The van der Waals surface area contributed by atoms with Gasteiger partial charge in [0.2, 0.25) is 0 Å². The van der Waals surface area contributed by atoms with Gasteiger partial charge in [-0.25, -0.2) is 0 Å². The summed E-state index contributed by atoms with van der Waals surface area (Å²) in [6.07, 6.45) is 3.18. The molecule has 2 rings (SSSR count). The van der Waals surface area contributed by atoms with E-state index in [4.69, 9.17) is 17.1 Å². The molecule has 0 aliphatic heterocycles. The number of halogens is 1. The van der Waals surface area contributed by atoms with Crippen LogP contribution in [0.15, 0.2) is 23.6 Å². The molecule has 0 radical (unpaired) electrons. The van der Waals surface area contributed by atoms with Crippen molar-refractivity contribution in [2.24, 2.45) is 5.11 Å². The highest BCUT2D eigenvalue weighted by molar-refractivity contribution is 6.35. The number of nitrogens with zero attached hydrogens (tertiary/aromatic N) is 4. The lowest BCUT2D eigenvalue weighted by molar-refractivity contribution is 1.27. The Kier molecular flexibility index (Phi) is 1.81. The summed E-state index contributed by atoms with van der Waals surface area (Å²) in [5.74, 6) is 0.312. The quantitative estimate of drug-likeness (QED) is 0.421. The fourth-order valence-corrected chi connectivity index (χ4v) is 1.33. The van der Waals surface area contributed by atoms with E-state index in [1.807, 2.05) is 0 Å². The average molecular weight is 194 g/mol. The topological polar surface area (TPSA) is 77.4 Å². The molecule has 0 unspecified atom stereocenters. The molecule has 6 heteroatoms. The molecule has 0 amide bonds. The van der Waals surface area contributed by atoms with Crippen molar-refractivity contribution in [3.05, 3.63) is 33.9 Å². The Hall–Kier alpha value is -1.71. The normalized spacial score (nSPS) is 9.92. The van der Waals surface area contributed by atoms with Gasteiger partial charge < -0.3 is 4.98 Å². The van der Waals surface area contributed by atoms with Crippen molar-refractivity contribution in [2.75, 3.05) is 0 Å². The van der Waals surface area contributed by atoms with Crippen LogP contribution in [0.2, 0.25) is 5.02 Å². The van der Waals surface area contributed by atoms with Crippen molar-refractivity contribution >= 4 is 28.3 Å². The van der Waals surface area contributed by atoms with Crippen LogP contribution in [-0.2, 0) is 0 Å². The van der Waals surface area contributed by atoms with Gasteiger partial charge in [0.1, 0.15) is 0 Å². The molecule has 0 bridgehead atoms. The number of aromatic amines is 1. The molecule has 0 saturated carbocycles. The van der Waals surface area contributed by atoms with Gasteiger partial charge >= 0.3 is 0 Å². The van der Waals surface area contributed by atoms with Gasteiger partial charge in [0.25, 0.3) is 0 Å². The van der Waals surface area contributed by atoms with E-state index in [-0.39, 0.29) is 0 Å². The molecular weight excluding hydrogens is 190 g/mol. The summed E-state index contributed by atoms with van der Waals surface area (Å²) in [7, 11) is 0. The SMILES string of the molecule is [N-]=[N+]=Nc1ncc(Cl)c2cc[nH]c12. The van der Waals surface area contributed by atoms with Crippen molar-refractivity contribution in [1.82, 2.24) is 9.97 Å².